The van der Waals surface area contributed by atoms with E-state index in [2.05, 4.69) is 15.5 Å². The highest BCUT2D eigenvalue weighted by Crippen LogP contribution is 2.37. The van der Waals surface area contributed by atoms with Crippen molar-refractivity contribution in [3.05, 3.63) is 41.5 Å². The van der Waals surface area contributed by atoms with Crippen LogP contribution >= 0.6 is 0 Å². The molecule has 7 heteroatoms. The van der Waals surface area contributed by atoms with Crippen LogP contribution < -0.4 is 15.8 Å². The van der Waals surface area contributed by atoms with Crippen LogP contribution in [-0.4, -0.2) is 22.7 Å². The largest absolute Gasteiger partial charge is 0.494 e. The molecule has 0 spiro atoms. The topological polar surface area (TPSA) is 103 Å². The first-order chi connectivity index (χ1) is 12.4. The maximum Gasteiger partial charge on any atom is 0.251 e. The van der Waals surface area contributed by atoms with Crippen molar-refractivity contribution in [3.63, 3.8) is 0 Å². The molecule has 1 fully saturated rings. The normalized spacial score (nSPS) is 16.8. The third kappa shape index (κ3) is 3.72. The zero-order chi connectivity index (χ0) is 18.7. The standard InChI is InChI=1S/C19H26N4O3/c1-4-25-14-8-6-13(7-9-14)16(24)21-15(12(2)3)17-22-18(23-26-17)19(20)10-5-11-19/h6-9,12,15H,4-5,10-11,20H2,1-3H3,(H,21,24). The number of ether oxygens (including phenoxy) is 1. The Morgan fingerprint density at radius 1 is 1.35 bits per heavy atom. The molecule has 1 amide bonds. The molecule has 0 aliphatic heterocycles. The molecule has 1 aliphatic carbocycles. The van der Waals surface area contributed by atoms with Gasteiger partial charge in [0, 0.05) is 5.56 Å². The van der Waals surface area contributed by atoms with Crippen LogP contribution in [0, 0.1) is 5.92 Å². The van der Waals surface area contributed by atoms with Crippen LogP contribution in [0.1, 0.15) is 68.1 Å². The smallest absolute Gasteiger partial charge is 0.251 e. The van der Waals surface area contributed by atoms with Crippen molar-refractivity contribution in [3.8, 4) is 5.75 Å². The van der Waals surface area contributed by atoms with E-state index < -0.39 is 5.54 Å². The fourth-order valence-corrected chi connectivity index (χ4v) is 2.95. The Balaban J connectivity index is 1.73. The summed E-state index contributed by atoms with van der Waals surface area (Å²) < 4.78 is 10.8. The van der Waals surface area contributed by atoms with Gasteiger partial charge in [0.2, 0.25) is 5.89 Å². The minimum absolute atomic E-state index is 0.0880. The summed E-state index contributed by atoms with van der Waals surface area (Å²) in [6, 6.07) is 6.66. The lowest BCUT2D eigenvalue weighted by Gasteiger charge is -2.34. The predicted molar refractivity (Wildman–Crippen MR) is 96.7 cm³/mol. The van der Waals surface area contributed by atoms with Crippen LogP contribution in [0.15, 0.2) is 28.8 Å². The fourth-order valence-electron chi connectivity index (χ4n) is 2.95. The summed E-state index contributed by atoms with van der Waals surface area (Å²) in [5.74, 6) is 1.55. The Morgan fingerprint density at radius 3 is 2.58 bits per heavy atom. The van der Waals surface area contributed by atoms with E-state index >= 15 is 0 Å². The Labute approximate surface area is 153 Å². The van der Waals surface area contributed by atoms with E-state index in [1.807, 2.05) is 20.8 Å². The lowest BCUT2D eigenvalue weighted by molar-refractivity contribution is 0.0914. The Kier molecular flexibility index (Phi) is 5.27. The summed E-state index contributed by atoms with van der Waals surface area (Å²) in [5, 5.41) is 7.03. The zero-order valence-electron chi connectivity index (χ0n) is 15.5. The predicted octanol–water partition coefficient (Wildman–Crippen LogP) is 2.93. The van der Waals surface area contributed by atoms with Crippen molar-refractivity contribution in [2.75, 3.05) is 6.61 Å². The number of hydrogen-bond acceptors (Lipinski definition) is 6. The molecule has 0 saturated heterocycles. The molecule has 1 aliphatic rings. The molecular weight excluding hydrogens is 332 g/mol. The summed E-state index contributed by atoms with van der Waals surface area (Å²) in [5.41, 5.74) is 6.33. The minimum atomic E-state index is -0.484. The highest BCUT2D eigenvalue weighted by atomic mass is 16.5. The summed E-state index contributed by atoms with van der Waals surface area (Å²) >= 11 is 0. The third-order valence-electron chi connectivity index (χ3n) is 4.78. The highest BCUT2D eigenvalue weighted by Gasteiger charge is 2.40. The van der Waals surface area contributed by atoms with Crippen LogP contribution in [-0.2, 0) is 5.54 Å². The number of amides is 1. The molecule has 0 radical (unpaired) electrons. The van der Waals surface area contributed by atoms with Crippen molar-refractivity contribution >= 4 is 5.91 Å². The lowest BCUT2D eigenvalue weighted by Crippen LogP contribution is -2.44. The van der Waals surface area contributed by atoms with E-state index in [0.717, 1.165) is 25.0 Å². The van der Waals surface area contributed by atoms with Gasteiger partial charge in [-0.25, -0.2) is 0 Å². The second-order valence-corrected chi connectivity index (χ2v) is 7.12. The second-order valence-electron chi connectivity index (χ2n) is 7.12. The van der Waals surface area contributed by atoms with Gasteiger partial charge < -0.3 is 20.3 Å². The Morgan fingerprint density at radius 2 is 2.04 bits per heavy atom. The van der Waals surface area contributed by atoms with Crippen molar-refractivity contribution in [1.82, 2.24) is 15.5 Å². The van der Waals surface area contributed by atoms with Crippen LogP contribution in [0.25, 0.3) is 0 Å². The molecule has 3 N–H and O–H groups in total. The SMILES string of the molecule is CCOc1ccc(C(=O)NC(c2nc(C3(N)CCC3)no2)C(C)C)cc1. The van der Waals surface area contributed by atoms with Crippen molar-refractivity contribution in [2.24, 2.45) is 11.7 Å². The van der Waals surface area contributed by atoms with Crippen LogP contribution in [0.3, 0.4) is 0 Å². The van der Waals surface area contributed by atoms with Gasteiger partial charge in [0.25, 0.3) is 5.91 Å². The van der Waals surface area contributed by atoms with Crippen LogP contribution in [0.5, 0.6) is 5.75 Å². The quantitative estimate of drug-likeness (QED) is 0.789. The van der Waals surface area contributed by atoms with Gasteiger partial charge >= 0.3 is 0 Å². The molecule has 7 nitrogen and oxygen atoms in total. The first-order valence-corrected chi connectivity index (χ1v) is 9.09. The number of rotatable bonds is 7. The molecule has 1 aromatic carbocycles. The number of hydrogen-bond donors (Lipinski definition) is 2. The molecule has 26 heavy (non-hydrogen) atoms. The van der Waals surface area contributed by atoms with Gasteiger partial charge in [0.1, 0.15) is 11.8 Å². The number of nitrogens with two attached hydrogens (primary N) is 1. The average molecular weight is 358 g/mol. The minimum Gasteiger partial charge on any atom is -0.494 e. The molecule has 0 bridgehead atoms. The molecule has 140 valence electrons. The van der Waals surface area contributed by atoms with E-state index in [0.29, 0.717) is 23.9 Å². The number of carbonyl (C=O) groups excluding carboxylic acids is 1. The Hall–Kier alpha value is -2.41. The van der Waals surface area contributed by atoms with Crippen molar-refractivity contribution in [1.29, 1.82) is 0 Å². The van der Waals surface area contributed by atoms with Gasteiger partial charge in [-0.2, -0.15) is 4.98 Å². The van der Waals surface area contributed by atoms with E-state index in [9.17, 15) is 4.79 Å². The molecule has 1 unspecified atom stereocenters. The lowest BCUT2D eigenvalue weighted by atomic mass is 9.77. The van der Waals surface area contributed by atoms with Gasteiger partial charge in [-0.15, -0.1) is 0 Å². The molecule has 1 atom stereocenters. The summed E-state index contributed by atoms with van der Waals surface area (Å²) in [6.07, 6.45) is 2.79. The second kappa shape index (κ2) is 7.45. The molecule has 1 saturated carbocycles. The third-order valence-corrected chi connectivity index (χ3v) is 4.78. The van der Waals surface area contributed by atoms with E-state index in [-0.39, 0.29) is 17.9 Å². The molecular formula is C19H26N4O3. The first kappa shape index (κ1) is 18.4. The number of benzene rings is 1. The van der Waals surface area contributed by atoms with Crippen LogP contribution in [0.2, 0.25) is 0 Å². The molecule has 2 aromatic rings. The van der Waals surface area contributed by atoms with Gasteiger partial charge in [-0.1, -0.05) is 19.0 Å². The van der Waals surface area contributed by atoms with Gasteiger partial charge in [0.05, 0.1) is 12.1 Å². The maximum atomic E-state index is 12.6. The van der Waals surface area contributed by atoms with E-state index in [1.165, 1.54) is 0 Å². The highest BCUT2D eigenvalue weighted by molar-refractivity contribution is 5.94. The van der Waals surface area contributed by atoms with Gasteiger partial charge in [-0.05, 0) is 56.4 Å². The van der Waals surface area contributed by atoms with Gasteiger partial charge in [0.15, 0.2) is 5.82 Å². The van der Waals surface area contributed by atoms with Crippen molar-refractivity contribution < 1.29 is 14.1 Å². The van der Waals surface area contributed by atoms with Crippen LogP contribution in [0.4, 0.5) is 0 Å². The average Bonchev–Trinajstić information content (AvgIpc) is 3.08. The summed E-state index contributed by atoms with van der Waals surface area (Å²) in [7, 11) is 0. The zero-order valence-corrected chi connectivity index (χ0v) is 15.5. The number of nitrogens with one attached hydrogen (secondary N) is 1. The molecule has 3 rings (SSSR count). The molecule has 1 aromatic heterocycles. The fraction of sp³-hybridized carbons (Fsp3) is 0.526. The van der Waals surface area contributed by atoms with Gasteiger partial charge in [-0.3, -0.25) is 4.79 Å². The Bertz CT molecular complexity index is 750. The number of aromatic nitrogens is 2. The summed E-state index contributed by atoms with van der Waals surface area (Å²) in [6.45, 7) is 6.49. The van der Waals surface area contributed by atoms with E-state index in [4.69, 9.17) is 15.0 Å². The number of nitrogens with zero attached hydrogens (tertiary/aromatic N) is 2. The van der Waals surface area contributed by atoms with Crippen molar-refractivity contribution in [2.45, 2.75) is 51.6 Å². The first-order valence-electron chi connectivity index (χ1n) is 9.09. The molecule has 1 heterocycles. The maximum absolute atomic E-state index is 12.6. The van der Waals surface area contributed by atoms with E-state index in [1.54, 1.807) is 24.3 Å². The monoisotopic (exact) mass is 358 g/mol. The summed E-state index contributed by atoms with van der Waals surface area (Å²) in [4.78, 5) is 17.1. The number of carbonyl (C=O) groups is 1.